The van der Waals surface area contributed by atoms with E-state index in [1.54, 1.807) is 13.0 Å². The molecule has 2 amide bonds. The Kier molecular flexibility index (Phi) is 6.72. The van der Waals surface area contributed by atoms with Crippen molar-refractivity contribution in [1.29, 1.82) is 0 Å². The van der Waals surface area contributed by atoms with Crippen LogP contribution in [-0.4, -0.2) is 59.7 Å². The van der Waals surface area contributed by atoms with Crippen molar-refractivity contribution in [3.63, 3.8) is 0 Å². The number of carbonyl (C=O) groups excluding carboxylic acids is 2. The van der Waals surface area contributed by atoms with E-state index in [0.29, 0.717) is 36.8 Å². The van der Waals surface area contributed by atoms with E-state index in [1.807, 2.05) is 54.3 Å². The number of ether oxygens (including phenoxy) is 1. The van der Waals surface area contributed by atoms with Gasteiger partial charge in [0, 0.05) is 56.2 Å². The van der Waals surface area contributed by atoms with Crippen LogP contribution in [0.25, 0.3) is 0 Å². The Morgan fingerprint density at radius 1 is 1.03 bits per heavy atom. The van der Waals surface area contributed by atoms with Crippen LogP contribution in [0.4, 0.5) is 23.1 Å². The number of carbonyl (C=O) groups is 2. The Balaban J connectivity index is 1.33. The second kappa shape index (κ2) is 10.0. The molecule has 0 bridgehead atoms. The van der Waals surface area contributed by atoms with Crippen molar-refractivity contribution < 1.29 is 18.7 Å². The maximum atomic E-state index is 12.5. The quantitative estimate of drug-likeness (QED) is 0.565. The molecule has 1 saturated heterocycles. The maximum Gasteiger partial charge on any atom is 0.320 e. The molecule has 33 heavy (non-hydrogen) atoms. The second-order valence-electron chi connectivity index (χ2n) is 7.49. The van der Waals surface area contributed by atoms with Crippen LogP contribution >= 0.6 is 0 Å². The minimum absolute atomic E-state index is 0.103. The van der Waals surface area contributed by atoms with Gasteiger partial charge >= 0.3 is 17.8 Å². The lowest BCUT2D eigenvalue weighted by Gasteiger charge is -2.35. The van der Waals surface area contributed by atoms with Crippen molar-refractivity contribution in [1.82, 2.24) is 15.1 Å². The zero-order valence-corrected chi connectivity index (χ0v) is 18.6. The van der Waals surface area contributed by atoms with E-state index in [9.17, 15) is 9.59 Å². The molecule has 2 N–H and O–H groups in total. The smallest absolute Gasteiger partial charge is 0.320 e. The minimum atomic E-state index is -0.499. The number of aromatic nitrogens is 2. The van der Waals surface area contributed by atoms with Gasteiger partial charge in [-0.1, -0.05) is 11.2 Å². The number of hydrogen-bond acceptors (Lipinski definition) is 8. The summed E-state index contributed by atoms with van der Waals surface area (Å²) < 4.78 is 10.9. The van der Waals surface area contributed by atoms with Gasteiger partial charge in [-0.25, -0.2) is 0 Å². The molecule has 3 aromatic rings. The average Bonchev–Trinajstić information content (AvgIpc) is 3.29. The number of amides is 2. The molecule has 1 aliphatic heterocycles. The minimum Gasteiger partial charge on any atom is -0.494 e. The summed E-state index contributed by atoms with van der Waals surface area (Å²) in [7, 11) is 0. The van der Waals surface area contributed by atoms with Crippen LogP contribution in [-0.2, 0) is 4.79 Å². The third-order valence-electron chi connectivity index (χ3n) is 5.23. The Hall–Kier alpha value is -4.08. The predicted molar refractivity (Wildman–Crippen MR) is 124 cm³/mol. The van der Waals surface area contributed by atoms with Crippen molar-refractivity contribution in [2.75, 3.05) is 48.3 Å². The molecule has 1 aromatic heterocycles. The molecule has 0 atom stereocenters. The summed E-state index contributed by atoms with van der Waals surface area (Å²) in [5.41, 5.74) is 2.36. The van der Waals surface area contributed by atoms with Gasteiger partial charge in [-0.05, 0) is 43.3 Å². The largest absolute Gasteiger partial charge is 0.494 e. The first-order valence-electron chi connectivity index (χ1n) is 10.8. The molecule has 1 fully saturated rings. The lowest BCUT2D eigenvalue weighted by atomic mass is 10.2. The average molecular weight is 450 g/mol. The maximum absolute atomic E-state index is 12.5. The number of rotatable bonds is 7. The molecular weight excluding hydrogens is 424 g/mol. The van der Waals surface area contributed by atoms with E-state index in [4.69, 9.17) is 9.15 Å². The summed E-state index contributed by atoms with van der Waals surface area (Å²) in [5.74, 6) is 0.166. The molecule has 2 heterocycles. The SMILES string of the molecule is CCOc1cccc(Nc2nnc(C(=O)Nc3ccc(N4CCN(C(C)=O)CC4)cc3)o2)c1. The standard InChI is InChI=1S/C23H26N6O4/c1-3-32-20-6-4-5-18(15-20)25-23-27-26-22(33-23)21(31)24-17-7-9-19(10-8-17)29-13-11-28(12-14-29)16(2)30/h4-10,15H,3,11-14H2,1-2H3,(H,24,31)(H,25,27). The van der Waals surface area contributed by atoms with Crippen LogP contribution in [0.5, 0.6) is 5.75 Å². The summed E-state index contributed by atoms with van der Waals surface area (Å²) in [5, 5.41) is 13.4. The Bertz CT molecular complexity index is 1110. The first-order chi connectivity index (χ1) is 16.0. The van der Waals surface area contributed by atoms with Gasteiger partial charge in [0.05, 0.1) is 6.61 Å². The lowest BCUT2D eigenvalue weighted by molar-refractivity contribution is -0.129. The van der Waals surface area contributed by atoms with Crippen LogP contribution in [0, 0.1) is 0 Å². The molecule has 0 saturated carbocycles. The zero-order valence-electron chi connectivity index (χ0n) is 18.6. The summed E-state index contributed by atoms with van der Waals surface area (Å²) in [6.07, 6.45) is 0. The van der Waals surface area contributed by atoms with E-state index in [0.717, 1.165) is 18.8 Å². The van der Waals surface area contributed by atoms with E-state index >= 15 is 0 Å². The van der Waals surface area contributed by atoms with Gasteiger partial charge in [0.15, 0.2) is 0 Å². The highest BCUT2D eigenvalue weighted by Gasteiger charge is 2.19. The Morgan fingerprint density at radius 3 is 2.48 bits per heavy atom. The predicted octanol–water partition coefficient (Wildman–Crippen LogP) is 3.13. The van der Waals surface area contributed by atoms with Crippen molar-refractivity contribution in [2.45, 2.75) is 13.8 Å². The van der Waals surface area contributed by atoms with Gasteiger partial charge in [-0.3, -0.25) is 9.59 Å². The third kappa shape index (κ3) is 5.59. The molecule has 0 unspecified atom stereocenters. The number of hydrogen-bond donors (Lipinski definition) is 2. The van der Waals surface area contributed by atoms with Crippen LogP contribution in [0.15, 0.2) is 52.9 Å². The lowest BCUT2D eigenvalue weighted by Crippen LogP contribution is -2.48. The first kappa shape index (κ1) is 22.1. The van der Waals surface area contributed by atoms with Crippen LogP contribution in [0.2, 0.25) is 0 Å². The van der Waals surface area contributed by atoms with Gasteiger partial charge in [-0.2, -0.15) is 0 Å². The second-order valence-corrected chi connectivity index (χ2v) is 7.49. The van der Waals surface area contributed by atoms with Crippen LogP contribution in [0.3, 0.4) is 0 Å². The Labute approximate surface area is 191 Å². The highest BCUT2D eigenvalue weighted by atomic mass is 16.5. The number of anilines is 4. The van der Waals surface area contributed by atoms with Crippen molar-refractivity contribution in [3.8, 4) is 5.75 Å². The van der Waals surface area contributed by atoms with Gasteiger partial charge in [-0.15, -0.1) is 5.10 Å². The zero-order chi connectivity index (χ0) is 23.2. The monoisotopic (exact) mass is 450 g/mol. The topological polar surface area (TPSA) is 113 Å². The van der Waals surface area contributed by atoms with E-state index < -0.39 is 5.91 Å². The summed E-state index contributed by atoms with van der Waals surface area (Å²) in [6.45, 7) is 7.02. The fourth-order valence-corrected chi connectivity index (χ4v) is 3.54. The molecule has 1 aliphatic rings. The highest BCUT2D eigenvalue weighted by Crippen LogP contribution is 2.22. The molecule has 0 aliphatic carbocycles. The molecule has 10 nitrogen and oxygen atoms in total. The summed E-state index contributed by atoms with van der Waals surface area (Å²) >= 11 is 0. The molecular formula is C23H26N6O4. The fraction of sp³-hybridized carbons (Fsp3) is 0.304. The van der Waals surface area contributed by atoms with E-state index in [-0.39, 0.29) is 17.8 Å². The number of nitrogens with one attached hydrogen (secondary N) is 2. The summed E-state index contributed by atoms with van der Waals surface area (Å²) in [6, 6.07) is 14.9. The number of nitrogens with zero attached hydrogens (tertiary/aromatic N) is 4. The highest BCUT2D eigenvalue weighted by molar-refractivity contribution is 6.01. The van der Waals surface area contributed by atoms with Crippen molar-refractivity contribution >= 4 is 34.9 Å². The van der Waals surface area contributed by atoms with Crippen molar-refractivity contribution in [2.24, 2.45) is 0 Å². The van der Waals surface area contributed by atoms with Crippen LogP contribution in [0.1, 0.15) is 24.5 Å². The van der Waals surface area contributed by atoms with Gasteiger partial charge in [0.2, 0.25) is 5.91 Å². The first-order valence-corrected chi connectivity index (χ1v) is 10.8. The Morgan fingerprint density at radius 2 is 1.79 bits per heavy atom. The van der Waals surface area contributed by atoms with E-state index in [1.165, 1.54) is 0 Å². The summed E-state index contributed by atoms with van der Waals surface area (Å²) in [4.78, 5) is 28.0. The molecule has 10 heteroatoms. The molecule has 172 valence electrons. The third-order valence-corrected chi connectivity index (χ3v) is 5.23. The fourth-order valence-electron chi connectivity index (χ4n) is 3.54. The number of benzene rings is 2. The number of piperazine rings is 1. The molecule has 4 rings (SSSR count). The van der Waals surface area contributed by atoms with Crippen molar-refractivity contribution in [3.05, 3.63) is 54.4 Å². The molecule has 0 spiro atoms. The molecule has 0 radical (unpaired) electrons. The van der Waals surface area contributed by atoms with Gasteiger partial charge < -0.3 is 29.6 Å². The molecule has 2 aromatic carbocycles. The van der Waals surface area contributed by atoms with Gasteiger partial charge in [0.25, 0.3) is 0 Å². The van der Waals surface area contributed by atoms with Crippen LogP contribution < -0.4 is 20.3 Å². The van der Waals surface area contributed by atoms with E-state index in [2.05, 4.69) is 25.7 Å². The van der Waals surface area contributed by atoms with Gasteiger partial charge in [0.1, 0.15) is 5.75 Å². The normalized spacial score (nSPS) is 13.5.